The minimum absolute atomic E-state index is 0.0618. The summed E-state index contributed by atoms with van der Waals surface area (Å²) in [6, 6.07) is 0. The second-order valence-electron chi connectivity index (χ2n) is 7.68. The van der Waals surface area contributed by atoms with Crippen LogP contribution in [0.15, 0.2) is 28.5 Å². The molecule has 0 spiro atoms. The largest absolute Gasteiger partial charge is 0.392 e. The molecule has 0 unspecified atom stereocenters. The summed E-state index contributed by atoms with van der Waals surface area (Å²) in [6.45, 7) is 4.71. The fraction of sp³-hybridized carbons (Fsp3) is 0.762. The highest BCUT2D eigenvalue weighted by Crippen LogP contribution is 2.35. The first kappa shape index (κ1) is 17.6. The van der Waals surface area contributed by atoms with Crippen molar-refractivity contribution in [3.8, 4) is 0 Å². The first-order valence-corrected chi connectivity index (χ1v) is 9.41. The Bertz CT molecular complexity index is 427. The van der Waals surface area contributed by atoms with E-state index in [4.69, 9.17) is 0 Å². The zero-order chi connectivity index (χ0) is 15.8. The summed E-state index contributed by atoms with van der Waals surface area (Å²) in [5.74, 6) is 0. The highest BCUT2D eigenvalue weighted by molar-refractivity contribution is 5.27. The molecule has 0 amide bonds. The Morgan fingerprint density at radius 3 is 1.91 bits per heavy atom. The van der Waals surface area contributed by atoms with Gasteiger partial charge in [0.05, 0.1) is 6.61 Å². The quantitative estimate of drug-likeness (QED) is 0.380. The van der Waals surface area contributed by atoms with Gasteiger partial charge in [-0.15, -0.1) is 5.73 Å². The second kappa shape index (κ2) is 8.75. The van der Waals surface area contributed by atoms with Crippen LogP contribution < -0.4 is 0 Å². The molecule has 124 valence electrons. The van der Waals surface area contributed by atoms with Gasteiger partial charge in [-0.2, -0.15) is 0 Å². The minimum atomic E-state index is -0.0618. The Labute approximate surface area is 137 Å². The van der Waals surface area contributed by atoms with Gasteiger partial charge in [0.15, 0.2) is 0 Å². The van der Waals surface area contributed by atoms with Crippen LogP contribution in [-0.4, -0.2) is 11.7 Å². The van der Waals surface area contributed by atoms with Crippen molar-refractivity contribution in [3.63, 3.8) is 0 Å². The van der Waals surface area contributed by atoms with E-state index >= 15 is 0 Å². The van der Waals surface area contributed by atoms with Crippen molar-refractivity contribution >= 4 is 0 Å². The number of aliphatic hydroxyl groups excluding tert-OH is 1. The van der Waals surface area contributed by atoms with Crippen molar-refractivity contribution in [2.45, 2.75) is 90.9 Å². The molecule has 22 heavy (non-hydrogen) atoms. The van der Waals surface area contributed by atoms with Crippen LogP contribution in [0, 0.1) is 5.41 Å². The number of aliphatic hydroxyl groups is 1. The van der Waals surface area contributed by atoms with E-state index in [1.807, 2.05) is 0 Å². The molecule has 2 saturated carbocycles. The van der Waals surface area contributed by atoms with E-state index in [0.29, 0.717) is 0 Å². The molecule has 0 aromatic rings. The molecule has 0 radical (unpaired) electrons. The Kier molecular flexibility index (Phi) is 6.99. The average Bonchev–Trinajstić information content (AvgIpc) is 2.90. The zero-order valence-corrected chi connectivity index (χ0v) is 14.7. The van der Waals surface area contributed by atoms with E-state index in [9.17, 15) is 5.11 Å². The van der Waals surface area contributed by atoms with Gasteiger partial charge in [-0.1, -0.05) is 45.1 Å². The van der Waals surface area contributed by atoms with Gasteiger partial charge in [-0.3, -0.25) is 0 Å². The van der Waals surface area contributed by atoms with Crippen molar-refractivity contribution in [2.75, 3.05) is 6.61 Å². The van der Waals surface area contributed by atoms with Crippen LogP contribution in [0.4, 0.5) is 0 Å². The first-order chi connectivity index (χ1) is 10.6. The highest BCUT2D eigenvalue weighted by Gasteiger charge is 2.23. The van der Waals surface area contributed by atoms with Gasteiger partial charge in [0.25, 0.3) is 0 Å². The Morgan fingerprint density at radius 2 is 1.41 bits per heavy atom. The van der Waals surface area contributed by atoms with Gasteiger partial charge >= 0.3 is 0 Å². The monoisotopic (exact) mass is 302 g/mol. The first-order valence-electron chi connectivity index (χ1n) is 9.41. The van der Waals surface area contributed by atoms with Crippen molar-refractivity contribution < 1.29 is 5.11 Å². The molecule has 0 heterocycles. The van der Waals surface area contributed by atoms with Crippen LogP contribution in [-0.2, 0) is 0 Å². The van der Waals surface area contributed by atoms with Crippen molar-refractivity contribution in [2.24, 2.45) is 5.41 Å². The van der Waals surface area contributed by atoms with Crippen LogP contribution in [0.5, 0.6) is 0 Å². The normalized spacial score (nSPS) is 20.9. The lowest BCUT2D eigenvalue weighted by molar-refractivity contribution is 0.301. The molecular formula is C21H34O. The molecule has 2 fully saturated rings. The number of rotatable bonds is 3. The Hall–Kier alpha value is -0.780. The molecule has 2 aliphatic rings. The Balaban J connectivity index is 2.21. The third-order valence-corrected chi connectivity index (χ3v) is 5.41. The summed E-state index contributed by atoms with van der Waals surface area (Å²) in [5.41, 5.74) is 7.83. The molecule has 0 aliphatic heterocycles. The smallest absolute Gasteiger partial charge is 0.0652 e. The molecule has 0 saturated heterocycles. The van der Waals surface area contributed by atoms with Gasteiger partial charge in [0, 0.05) is 5.41 Å². The molecule has 1 nitrogen and oxygen atoms in total. The predicted molar refractivity (Wildman–Crippen MR) is 94.9 cm³/mol. The summed E-state index contributed by atoms with van der Waals surface area (Å²) in [5, 5.41) is 9.98. The summed E-state index contributed by atoms with van der Waals surface area (Å²) in [7, 11) is 0. The zero-order valence-electron chi connectivity index (χ0n) is 14.7. The predicted octanol–water partition coefficient (Wildman–Crippen LogP) is 6.09. The lowest BCUT2D eigenvalue weighted by Gasteiger charge is -2.26. The lowest BCUT2D eigenvalue weighted by atomic mass is 9.79. The van der Waals surface area contributed by atoms with E-state index in [2.05, 4.69) is 25.7 Å². The van der Waals surface area contributed by atoms with E-state index < -0.39 is 0 Å². The van der Waals surface area contributed by atoms with Crippen LogP contribution in [0.25, 0.3) is 0 Å². The van der Waals surface area contributed by atoms with Crippen LogP contribution in [0.2, 0.25) is 0 Å². The third kappa shape index (κ3) is 5.14. The summed E-state index contributed by atoms with van der Waals surface area (Å²) >= 11 is 0. The fourth-order valence-corrected chi connectivity index (χ4v) is 3.90. The SMILES string of the molecule is CC(C)(C=C=C1CCCCCC1)C(CO)=C1CCCCCC1. The number of allylic oxidation sites excluding steroid dienone is 2. The third-order valence-electron chi connectivity index (χ3n) is 5.41. The number of hydrogen-bond acceptors (Lipinski definition) is 1. The van der Waals surface area contributed by atoms with Crippen LogP contribution in [0.3, 0.4) is 0 Å². The Morgan fingerprint density at radius 1 is 0.909 bits per heavy atom. The summed E-state index contributed by atoms with van der Waals surface area (Å²) in [4.78, 5) is 0. The number of hydrogen-bond donors (Lipinski definition) is 1. The van der Waals surface area contributed by atoms with E-state index in [1.165, 1.54) is 93.8 Å². The minimum Gasteiger partial charge on any atom is -0.392 e. The summed E-state index contributed by atoms with van der Waals surface area (Å²) in [6.07, 6.45) is 17.7. The molecule has 0 bridgehead atoms. The summed E-state index contributed by atoms with van der Waals surface area (Å²) < 4.78 is 0. The van der Waals surface area contributed by atoms with Crippen LogP contribution in [0.1, 0.15) is 90.9 Å². The van der Waals surface area contributed by atoms with Crippen molar-refractivity contribution in [3.05, 3.63) is 28.5 Å². The average molecular weight is 303 g/mol. The molecule has 2 aliphatic carbocycles. The molecule has 1 heteroatoms. The maximum atomic E-state index is 9.98. The molecule has 0 aromatic carbocycles. The molecular weight excluding hydrogens is 268 g/mol. The standard InChI is InChI=1S/C21H34O/c1-21(2,16-15-18-11-7-3-4-8-12-18)20(17-22)19-13-9-5-6-10-14-19/h16,22H,3-14,17H2,1-2H3. The molecule has 2 rings (SSSR count). The highest BCUT2D eigenvalue weighted by atomic mass is 16.3. The van der Waals surface area contributed by atoms with Gasteiger partial charge in [0.2, 0.25) is 0 Å². The van der Waals surface area contributed by atoms with Crippen molar-refractivity contribution in [1.82, 2.24) is 0 Å². The maximum absolute atomic E-state index is 9.98. The van der Waals surface area contributed by atoms with Gasteiger partial charge < -0.3 is 5.11 Å². The van der Waals surface area contributed by atoms with Gasteiger partial charge in [-0.25, -0.2) is 0 Å². The van der Waals surface area contributed by atoms with E-state index in [1.54, 1.807) is 0 Å². The second-order valence-corrected chi connectivity index (χ2v) is 7.68. The van der Waals surface area contributed by atoms with E-state index in [0.717, 1.165) is 0 Å². The van der Waals surface area contributed by atoms with Gasteiger partial charge in [-0.05, 0) is 68.6 Å². The van der Waals surface area contributed by atoms with Gasteiger partial charge in [0.1, 0.15) is 0 Å². The maximum Gasteiger partial charge on any atom is 0.0652 e. The fourth-order valence-electron chi connectivity index (χ4n) is 3.90. The topological polar surface area (TPSA) is 20.2 Å². The van der Waals surface area contributed by atoms with Crippen molar-refractivity contribution in [1.29, 1.82) is 0 Å². The molecule has 0 aromatic heterocycles. The van der Waals surface area contributed by atoms with Crippen LogP contribution >= 0.6 is 0 Å². The molecule has 0 atom stereocenters. The molecule has 1 N–H and O–H groups in total. The van der Waals surface area contributed by atoms with E-state index in [-0.39, 0.29) is 12.0 Å². The lowest BCUT2D eigenvalue weighted by Crippen LogP contribution is -2.17.